The van der Waals surface area contributed by atoms with E-state index in [1.165, 1.54) is 0 Å². The van der Waals surface area contributed by atoms with Crippen molar-refractivity contribution in [1.29, 1.82) is 0 Å². The van der Waals surface area contributed by atoms with Gasteiger partial charge in [0.15, 0.2) is 4.34 Å². The van der Waals surface area contributed by atoms with Gasteiger partial charge in [0.2, 0.25) is 5.91 Å². The van der Waals surface area contributed by atoms with Crippen LogP contribution >= 0.6 is 23.1 Å². The molecule has 176 valence electrons. The minimum atomic E-state index is -0.899. The number of anilines is 1. The van der Waals surface area contributed by atoms with Crippen LogP contribution in [0.25, 0.3) is 10.2 Å². The second-order valence-electron chi connectivity index (χ2n) is 8.46. The summed E-state index contributed by atoms with van der Waals surface area (Å²) in [6, 6.07) is 11.3. The molecule has 3 aromatic rings. The van der Waals surface area contributed by atoms with E-state index in [9.17, 15) is 14.7 Å². The van der Waals surface area contributed by atoms with Crippen molar-refractivity contribution in [3.63, 3.8) is 0 Å². The summed E-state index contributed by atoms with van der Waals surface area (Å²) in [5.74, 6) is -0.117. The molecule has 1 heterocycles. The molecule has 2 aliphatic carbocycles. The second-order valence-corrected chi connectivity index (χ2v) is 10.7. The highest BCUT2D eigenvalue weighted by atomic mass is 32.2. The van der Waals surface area contributed by atoms with Crippen LogP contribution in [-0.2, 0) is 15.3 Å². The molecule has 1 aromatic heterocycles. The fraction of sp³-hybridized carbons (Fsp3) is 0.320. The average molecular weight is 497 g/mol. The number of thiazole rings is 1. The van der Waals surface area contributed by atoms with E-state index in [2.05, 4.69) is 5.32 Å². The maximum absolute atomic E-state index is 13.0. The number of carbonyl (C=O) groups is 2. The Morgan fingerprint density at radius 2 is 1.91 bits per heavy atom. The first-order valence-corrected chi connectivity index (χ1v) is 12.7. The van der Waals surface area contributed by atoms with Crippen molar-refractivity contribution < 1.29 is 24.2 Å². The lowest BCUT2D eigenvalue weighted by Gasteiger charge is -2.23. The highest BCUT2D eigenvalue weighted by Gasteiger charge is 2.51. The number of hydrogen-bond donors (Lipinski definition) is 2. The highest BCUT2D eigenvalue weighted by Crippen LogP contribution is 2.48. The molecular weight excluding hydrogens is 472 g/mol. The number of ether oxygens (including phenoxy) is 2. The van der Waals surface area contributed by atoms with Crippen LogP contribution in [0.15, 0.2) is 52.9 Å². The Balaban J connectivity index is 1.29. The fourth-order valence-corrected chi connectivity index (χ4v) is 7.00. The number of carboxylic acid groups (broad SMARTS) is 1. The summed E-state index contributed by atoms with van der Waals surface area (Å²) in [7, 11) is 3.29. The van der Waals surface area contributed by atoms with Crippen molar-refractivity contribution in [2.75, 3.05) is 19.5 Å². The number of allylic oxidation sites excluding steroid dienone is 2. The van der Waals surface area contributed by atoms with Gasteiger partial charge in [0, 0.05) is 17.0 Å². The Morgan fingerprint density at radius 1 is 1.12 bits per heavy atom. The van der Waals surface area contributed by atoms with E-state index in [1.54, 1.807) is 37.3 Å². The molecule has 2 bridgehead atoms. The van der Waals surface area contributed by atoms with Crippen LogP contribution in [0.3, 0.4) is 0 Å². The first-order valence-electron chi connectivity index (χ1n) is 10.9. The Labute approximate surface area is 205 Å². The van der Waals surface area contributed by atoms with Crippen molar-refractivity contribution in [2.24, 2.45) is 23.7 Å². The number of fused-ring (bicyclic) bond motifs is 3. The minimum Gasteiger partial charge on any atom is -0.497 e. The van der Waals surface area contributed by atoms with Gasteiger partial charge in [-0.2, -0.15) is 0 Å². The molecule has 0 saturated heterocycles. The van der Waals surface area contributed by atoms with Gasteiger partial charge in [0.1, 0.15) is 11.5 Å². The van der Waals surface area contributed by atoms with Gasteiger partial charge < -0.3 is 19.9 Å². The number of carboxylic acids is 1. The topological polar surface area (TPSA) is 97.8 Å². The zero-order valence-electron chi connectivity index (χ0n) is 18.7. The number of aliphatic carboxylic acids is 1. The monoisotopic (exact) mass is 496 g/mol. The third-order valence-electron chi connectivity index (χ3n) is 6.52. The average Bonchev–Trinajstić information content (AvgIpc) is 3.56. The fourth-order valence-electron chi connectivity index (χ4n) is 4.92. The Bertz CT molecular complexity index is 1290. The van der Waals surface area contributed by atoms with Crippen LogP contribution < -0.4 is 14.8 Å². The van der Waals surface area contributed by atoms with Crippen LogP contribution in [0.2, 0.25) is 0 Å². The van der Waals surface area contributed by atoms with Gasteiger partial charge in [-0.25, -0.2) is 4.98 Å². The smallest absolute Gasteiger partial charge is 0.307 e. The number of nitrogens with one attached hydrogen (secondary N) is 1. The molecule has 0 radical (unpaired) electrons. The van der Waals surface area contributed by atoms with Gasteiger partial charge in [-0.3, -0.25) is 9.59 Å². The maximum atomic E-state index is 13.0. The summed E-state index contributed by atoms with van der Waals surface area (Å²) in [4.78, 5) is 29.4. The number of nitrogens with zero attached hydrogens (tertiary/aromatic N) is 1. The number of methoxy groups -OCH3 is 2. The van der Waals surface area contributed by atoms with Gasteiger partial charge in [-0.05, 0) is 54.7 Å². The molecule has 7 nitrogen and oxygen atoms in total. The first-order chi connectivity index (χ1) is 16.5. The molecule has 2 aromatic carbocycles. The molecule has 1 amide bonds. The predicted octanol–water partition coefficient (Wildman–Crippen LogP) is 5.07. The summed E-state index contributed by atoms with van der Waals surface area (Å²) >= 11 is 3.17. The summed E-state index contributed by atoms with van der Waals surface area (Å²) in [5.41, 5.74) is 2.53. The summed E-state index contributed by atoms with van der Waals surface area (Å²) < 4.78 is 12.7. The molecule has 5 rings (SSSR count). The molecule has 4 atom stereocenters. The number of benzene rings is 2. The van der Waals surface area contributed by atoms with Crippen LogP contribution in [0.5, 0.6) is 11.5 Å². The largest absolute Gasteiger partial charge is 0.497 e. The van der Waals surface area contributed by atoms with Gasteiger partial charge in [-0.15, -0.1) is 11.3 Å². The molecular formula is C25H24N2O5S2. The number of hydrogen-bond acceptors (Lipinski definition) is 7. The van der Waals surface area contributed by atoms with E-state index in [0.29, 0.717) is 11.4 Å². The number of thioether (sulfide) groups is 1. The quantitative estimate of drug-likeness (QED) is 0.332. The molecule has 0 unspecified atom stereocenters. The lowest BCUT2D eigenvalue weighted by Crippen LogP contribution is -2.36. The normalized spacial score (nSPS) is 22.8. The number of aromatic nitrogens is 1. The Morgan fingerprint density at radius 3 is 2.65 bits per heavy atom. The molecule has 1 fully saturated rings. The van der Waals surface area contributed by atoms with Crippen LogP contribution in [0, 0.1) is 23.7 Å². The van der Waals surface area contributed by atoms with Gasteiger partial charge in [0.05, 0.1) is 36.3 Å². The summed E-state index contributed by atoms with van der Waals surface area (Å²) in [5, 5.41) is 12.6. The molecule has 2 aliphatic rings. The Hall–Kier alpha value is -3.04. The molecule has 34 heavy (non-hydrogen) atoms. The Kier molecular flexibility index (Phi) is 6.22. The SMILES string of the molecule is COc1ccc(OC)c(CSc2nc3ccc(NC(=O)[C@@H]4[C@H](C(=O)O)[C@H]5C=C[C@H]4C5)cc3s2)c1. The van der Waals surface area contributed by atoms with Crippen molar-refractivity contribution in [2.45, 2.75) is 16.5 Å². The lowest BCUT2D eigenvalue weighted by molar-refractivity contribution is -0.146. The van der Waals surface area contributed by atoms with Crippen LogP contribution in [0.1, 0.15) is 12.0 Å². The predicted molar refractivity (Wildman–Crippen MR) is 133 cm³/mol. The lowest BCUT2D eigenvalue weighted by atomic mass is 9.82. The highest BCUT2D eigenvalue weighted by molar-refractivity contribution is 8.00. The number of amides is 1. The molecule has 2 N–H and O–H groups in total. The van der Waals surface area contributed by atoms with Crippen molar-refractivity contribution >= 4 is 50.9 Å². The zero-order valence-corrected chi connectivity index (χ0v) is 20.3. The summed E-state index contributed by atoms with van der Waals surface area (Å²) in [6.45, 7) is 0. The maximum Gasteiger partial charge on any atom is 0.307 e. The third kappa shape index (κ3) is 4.25. The van der Waals surface area contributed by atoms with E-state index in [4.69, 9.17) is 14.5 Å². The standard InChI is InChI=1S/C25H24N2O5S2/c1-31-17-6-8-19(32-2)15(10-17)12-33-25-27-18-7-5-16(11-20(18)34-25)26-23(28)21-13-3-4-14(9-13)22(21)24(29)30/h3-8,10-11,13-14,21-22H,9,12H2,1-2H3,(H,26,28)(H,29,30)/t13-,14-,21-,22+/m0/s1. The summed E-state index contributed by atoms with van der Waals surface area (Å²) in [6.07, 6.45) is 4.67. The molecule has 9 heteroatoms. The first kappa shape index (κ1) is 22.7. The van der Waals surface area contributed by atoms with Crippen molar-refractivity contribution in [1.82, 2.24) is 4.98 Å². The number of carbonyl (C=O) groups excluding carboxylic acids is 1. The molecule has 1 saturated carbocycles. The zero-order chi connectivity index (χ0) is 23.8. The van der Waals surface area contributed by atoms with E-state index < -0.39 is 17.8 Å². The van der Waals surface area contributed by atoms with Crippen molar-refractivity contribution in [3.05, 3.63) is 54.1 Å². The van der Waals surface area contributed by atoms with E-state index in [0.717, 1.165) is 38.0 Å². The van der Waals surface area contributed by atoms with Crippen LogP contribution in [0.4, 0.5) is 5.69 Å². The van der Waals surface area contributed by atoms with Gasteiger partial charge in [-0.1, -0.05) is 23.9 Å². The van der Waals surface area contributed by atoms with E-state index in [-0.39, 0.29) is 17.7 Å². The molecule has 0 aliphatic heterocycles. The second kappa shape index (κ2) is 9.31. The third-order valence-corrected chi connectivity index (χ3v) is 8.73. The van der Waals surface area contributed by atoms with E-state index >= 15 is 0 Å². The van der Waals surface area contributed by atoms with Crippen LogP contribution in [-0.4, -0.2) is 36.2 Å². The number of rotatable bonds is 8. The van der Waals surface area contributed by atoms with Crippen molar-refractivity contribution in [3.8, 4) is 11.5 Å². The molecule has 0 spiro atoms. The van der Waals surface area contributed by atoms with Gasteiger partial charge >= 0.3 is 5.97 Å². The van der Waals surface area contributed by atoms with E-state index in [1.807, 2.05) is 48.6 Å². The minimum absolute atomic E-state index is 0.00478. The van der Waals surface area contributed by atoms with Gasteiger partial charge in [0.25, 0.3) is 0 Å².